The van der Waals surface area contributed by atoms with Crippen LogP contribution in [0.4, 0.5) is 5.95 Å². The van der Waals surface area contributed by atoms with Crippen molar-refractivity contribution in [2.24, 2.45) is 11.8 Å². The number of nitrogens with zero attached hydrogens (tertiary/aromatic N) is 4. The summed E-state index contributed by atoms with van der Waals surface area (Å²) in [5, 5.41) is 8.75. The Bertz CT molecular complexity index is 475. The lowest BCUT2D eigenvalue weighted by molar-refractivity contribution is 0.0784. The Labute approximate surface area is 127 Å². The van der Waals surface area contributed by atoms with Gasteiger partial charge in [0.2, 0.25) is 5.95 Å². The molecule has 5 nitrogen and oxygen atoms in total. The van der Waals surface area contributed by atoms with Gasteiger partial charge in [-0.25, -0.2) is 4.98 Å². The maximum atomic E-state index is 5.80. The lowest BCUT2D eigenvalue weighted by atomic mass is 9.76. The minimum absolute atomic E-state index is 0.626. The summed E-state index contributed by atoms with van der Waals surface area (Å²) in [6.45, 7) is 7.79. The van der Waals surface area contributed by atoms with Crippen LogP contribution >= 0.6 is 0 Å². The third-order valence-electron chi connectivity index (χ3n) is 4.89. The second-order valence-electron chi connectivity index (χ2n) is 6.18. The Balaban J connectivity index is 1.77. The molecule has 3 rings (SSSR count). The van der Waals surface area contributed by atoms with Crippen LogP contribution in [0.15, 0.2) is 0 Å². The maximum Gasteiger partial charge on any atom is 0.245 e. The van der Waals surface area contributed by atoms with Crippen LogP contribution in [0, 0.1) is 11.8 Å². The molecule has 1 saturated carbocycles. The van der Waals surface area contributed by atoms with Crippen LogP contribution in [-0.2, 0) is 17.6 Å². The second kappa shape index (κ2) is 6.69. The number of rotatable bonds is 4. The van der Waals surface area contributed by atoms with Gasteiger partial charge < -0.3 is 9.64 Å². The molecule has 1 aliphatic carbocycles. The fourth-order valence-electron chi connectivity index (χ4n) is 3.28. The fourth-order valence-corrected chi connectivity index (χ4v) is 3.28. The molecule has 1 aromatic rings. The van der Waals surface area contributed by atoms with Crippen LogP contribution in [0.2, 0.25) is 0 Å². The summed E-state index contributed by atoms with van der Waals surface area (Å²) in [5.74, 6) is 2.25. The van der Waals surface area contributed by atoms with Crippen molar-refractivity contribution in [1.82, 2.24) is 15.2 Å². The Morgan fingerprint density at radius 1 is 1.10 bits per heavy atom. The number of ether oxygens (including phenoxy) is 1. The van der Waals surface area contributed by atoms with Crippen LogP contribution in [-0.4, -0.2) is 41.5 Å². The van der Waals surface area contributed by atoms with E-state index in [0.29, 0.717) is 5.92 Å². The van der Waals surface area contributed by atoms with Gasteiger partial charge in [-0.05, 0) is 18.8 Å². The van der Waals surface area contributed by atoms with Crippen LogP contribution in [0.5, 0.6) is 0 Å². The molecule has 2 heterocycles. The van der Waals surface area contributed by atoms with Gasteiger partial charge in [0.25, 0.3) is 0 Å². The number of aromatic nitrogens is 3. The van der Waals surface area contributed by atoms with Gasteiger partial charge in [-0.2, -0.15) is 5.10 Å². The van der Waals surface area contributed by atoms with E-state index in [1.165, 1.54) is 19.3 Å². The Morgan fingerprint density at radius 3 is 2.57 bits per heavy atom. The van der Waals surface area contributed by atoms with Crippen molar-refractivity contribution in [3.63, 3.8) is 0 Å². The van der Waals surface area contributed by atoms with E-state index in [1.54, 1.807) is 0 Å². The van der Waals surface area contributed by atoms with Gasteiger partial charge in [0.1, 0.15) is 0 Å². The molecule has 5 heteroatoms. The quantitative estimate of drug-likeness (QED) is 0.851. The third kappa shape index (κ3) is 3.18. The molecule has 0 aromatic carbocycles. The fraction of sp³-hybridized carbons (Fsp3) is 0.812. The van der Waals surface area contributed by atoms with Gasteiger partial charge in [-0.1, -0.05) is 33.1 Å². The molecule has 21 heavy (non-hydrogen) atoms. The first-order valence-corrected chi connectivity index (χ1v) is 8.37. The van der Waals surface area contributed by atoms with E-state index in [2.05, 4.69) is 28.9 Å². The van der Waals surface area contributed by atoms with Gasteiger partial charge >= 0.3 is 0 Å². The van der Waals surface area contributed by atoms with E-state index in [4.69, 9.17) is 9.72 Å². The number of hydrogen-bond acceptors (Lipinski definition) is 5. The summed E-state index contributed by atoms with van der Waals surface area (Å²) in [6, 6.07) is 0. The highest BCUT2D eigenvalue weighted by Gasteiger charge is 2.31. The summed E-state index contributed by atoms with van der Waals surface area (Å²) in [5.41, 5.74) is 2.12. The highest BCUT2D eigenvalue weighted by molar-refractivity contribution is 5.31. The van der Waals surface area contributed by atoms with E-state index in [-0.39, 0.29) is 0 Å². The molecule has 0 amide bonds. The van der Waals surface area contributed by atoms with Crippen molar-refractivity contribution in [2.75, 3.05) is 31.2 Å². The first-order valence-electron chi connectivity index (χ1n) is 8.37. The standard InChI is InChI=1S/C16H26N4O/c1-3-14-15(4-2)18-19-16(17-14)20-8-9-21-11-13(10-20)12-6-5-7-12/h12-13H,3-11H2,1-2H3. The maximum absolute atomic E-state index is 5.80. The molecule has 1 unspecified atom stereocenters. The molecule has 0 spiro atoms. The van der Waals surface area contributed by atoms with Crippen LogP contribution in [0.1, 0.15) is 44.5 Å². The molecule has 1 aliphatic heterocycles. The lowest BCUT2D eigenvalue weighted by Gasteiger charge is -2.34. The van der Waals surface area contributed by atoms with Crippen molar-refractivity contribution >= 4 is 5.95 Å². The van der Waals surface area contributed by atoms with Gasteiger partial charge in [-0.15, -0.1) is 5.10 Å². The summed E-state index contributed by atoms with van der Waals surface area (Å²) in [7, 11) is 0. The molecule has 0 bridgehead atoms. The van der Waals surface area contributed by atoms with Crippen LogP contribution < -0.4 is 4.90 Å². The first-order chi connectivity index (χ1) is 10.3. The minimum atomic E-state index is 0.626. The summed E-state index contributed by atoms with van der Waals surface area (Å²) < 4.78 is 5.80. The average molecular weight is 290 g/mol. The van der Waals surface area contributed by atoms with Crippen molar-refractivity contribution in [3.05, 3.63) is 11.4 Å². The van der Waals surface area contributed by atoms with E-state index in [0.717, 1.165) is 62.4 Å². The van der Waals surface area contributed by atoms with Crippen molar-refractivity contribution in [3.8, 4) is 0 Å². The Hall–Kier alpha value is -1.23. The molecule has 1 aromatic heterocycles. The zero-order valence-electron chi connectivity index (χ0n) is 13.2. The number of hydrogen-bond donors (Lipinski definition) is 0. The van der Waals surface area contributed by atoms with E-state index >= 15 is 0 Å². The van der Waals surface area contributed by atoms with Crippen molar-refractivity contribution in [1.29, 1.82) is 0 Å². The first kappa shape index (κ1) is 14.7. The highest BCUT2D eigenvalue weighted by Crippen LogP contribution is 2.35. The molecular weight excluding hydrogens is 264 g/mol. The summed E-state index contributed by atoms with van der Waals surface area (Å²) >= 11 is 0. The van der Waals surface area contributed by atoms with Gasteiger partial charge in [0.15, 0.2) is 0 Å². The molecular formula is C16H26N4O. The second-order valence-corrected chi connectivity index (χ2v) is 6.18. The average Bonchev–Trinajstić information content (AvgIpc) is 2.71. The monoisotopic (exact) mass is 290 g/mol. The Morgan fingerprint density at radius 2 is 1.90 bits per heavy atom. The normalized spacial score (nSPS) is 23.7. The molecule has 116 valence electrons. The minimum Gasteiger partial charge on any atom is -0.379 e. The SMILES string of the molecule is CCc1nnc(N2CCOCC(C3CCC3)C2)nc1CC. The molecule has 0 N–H and O–H groups in total. The molecule has 1 atom stereocenters. The molecule has 0 radical (unpaired) electrons. The van der Waals surface area contributed by atoms with Crippen molar-refractivity contribution in [2.45, 2.75) is 46.0 Å². The smallest absolute Gasteiger partial charge is 0.245 e. The van der Waals surface area contributed by atoms with E-state index in [9.17, 15) is 0 Å². The molecule has 2 fully saturated rings. The van der Waals surface area contributed by atoms with E-state index < -0.39 is 0 Å². The van der Waals surface area contributed by atoms with Crippen molar-refractivity contribution < 1.29 is 4.74 Å². The van der Waals surface area contributed by atoms with Crippen LogP contribution in [0.25, 0.3) is 0 Å². The van der Waals surface area contributed by atoms with E-state index in [1.807, 2.05) is 0 Å². The highest BCUT2D eigenvalue weighted by atomic mass is 16.5. The predicted octanol–water partition coefficient (Wildman–Crippen LogP) is 2.25. The van der Waals surface area contributed by atoms with Gasteiger partial charge in [-0.3, -0.25) is 0 Å². The summed E-state index contributed by atoms with van der Waals surface area (Å²) in [6.07, 6.45) is 5.91. The summed E-state index contributed by atoms with van der Waals surface area (Å²) in [4.78, 5) is 7.04. The van der Waals surface area contributed by atoms with Gasteiger partial charge in [0.05, 0.1) is 24.6 Å². The zero-order chi connectivity index (χ0) is 14.7. The number of anilines is 1. The molecule has 2 aliphatic rings. The topological polar surface area (TPSA) is 51.1 Å². The lowest BCUT2D eigenvalue weighted by Crippen LogP contribution is -2.36. The third-order valence-corrected chi connectivity index (χ3v) is 4.89. The largest absolute Gasteiger partial charge is 0.379 e. The molecule has 1 saturated heterocycles. The predicted molar refractivity (Wildman–Crippen MR) is 82.4 cm³/mol. The Kier molecular flexibility index (Phi) is 4.68. The zero-order valence-corrected chi connectivity index (χ0v) is 13.2. The number of aryl methyl sites for hydroxylation is 2. The van der Waals surface area contributed by atoms with Crippen LogP contribution in [0.3, 0.4) is 0 Å². The van der Waals surface area contributed by atoms with Gasteiger partial charge in [0, 0.05) is 19.0 Å².